The maximum absolute atomic E-state index is 11.8. The lowest BCUT2D eigenvalue weighted by atomic mass is 10.2. The van der Waals surface area contributed by atoms with Crippen molar-refractivity contribution >= 4 is 0 Å². The minimum Gasteiger partial charge on any atom is -0.493 e. The summed E-state index contributed by atoms with van der Waals surface area (Å²) in [5.74, 6) is 0.419. The Morgan fingerprint density at radius 2 is 2.00 bits per heavy atom. The Bertz CT molecular complexity index is 312. The summed E-state index contributed by atoms with van der Waals surface area (Å²) in [5, 5.41) is 0. The topological polar surface area (TPSA) is 35.2 Å². The molecule has 0 atom stereocenters. The molecule has 0 radical (unpaired) electrons. The van der Waals surface area contributed by atoms with Crippen molar-refractivity contribution in [1.82, 2.24) is 0 Å². The van der Waals surface area contributed by atoms with Crippen molar-refractivity contribution in [1.29, 1.82) is 0 Å². The molecule has 0 amide bonds. The predicted molar refractivity (Wildman–Crippen MR) is 50.5 cm³/mol. The van der Waals surface area contributed by atoms with Gasteiger partial charge in [-0.15, -0.1) is 0 Å². The second kappa shape index (κ2) is 5.02. The zero-order valence-corrected chi connectivity index (χ0v) is 8.05. The zero-order valence-electron chi connectivity index (χ0n) is 8.05. The van der Waals surface area contributed by atoms with Gasteiger partial charge in [-0.1, -0.05) is 12.1 Å². The molecular formula is C10H12F3NO. The first-order valence-electron chi connectivity index (χ1n) is 4.50. The van der Waals surface area contributed by atoms with Gasteiger partial charge in [-0.05, 0) is 17.7 Å². The van der Waals surface area contributed by atoms with E-state index in [1.807, 2.05) is 0 Å². The van der Waals surface area contributed by atoms with Crippen molar-refractivity contribution < 1.29 is 17.9 Å². The fraction of sp³-hybridized carbons (Fsp3) is 0.400. The average molecular weight is 219 g/mol. The molecule has 0 aromatic heterocycles. The van der Waals surface area contributed by atoms with Crippen molar-refractivity contribution in [3.8, 4) is 5.75 Å². The Morgan fingerprint density at radius 3 is 2.60 bits per heavy atom. The largest absolute Gasteiger partial charge is 0.493 e. The summed E-state index contributed by atoms with van der Waals surface area (Å²) in [6.07, 6.45) is -5.12. The minimum atomic E-state index is -4.18. The van der Waals surface area contributed by atoms with Crippen LogP contribution in [0, 0.1) is 0 Å². The van der Waals surface area contributed by atoms with E-state index in [9.17, 15) is 13.2 Å². The summed E-state index contributed by atoms with van der Waals surface area (Å²) in [6, 6.07) is 6.73. The van der Waals surface area contributed by atoms with Crippen molar-refractivity contribution in [3.63, 3.8) is 0 Å². The maximum atomic E-state index is 11.8. The van der Waals surface area contributed by atoms with Crippen LogP contribution in [0.5, 0.6) is 5.75 Å². The van der Waals surface area contributed by atoms with Gasteiger partial charge in [-0.2, -0.15) is 13.2 Å². The summed E-state index contributed by atoms with van der Waals surface area (Å²) < 4.78 is 40.4. The van der Waals surface area contributed by atoms with Crippen molar-refractivity contribution in [2.75, 3.05) is 6.61 Å². The van der Waals surface area contributed by atoms with Crippen LogP contribution in [0.4, 0.5) is 13.2 Å². The number of hydrogen-bond acceptors (Lipinski definition) is 2. The van der Waals surface area contributed by atoms with Gasteiger partial charge in [0.25, 0.3) is 0 Å². The summed E-state index contributed by atoms with van der Waals surface area (Å²) in [5.41, 5.74) is 6.21. The molecule has 0 fully saturated rings. The van der Waals surface area contributed by atoms with Crippen LogP contribution < -0.4 is 10.5 Å². The quantitative estimate of drug-likeness (QED) is 0.844. The molecule has 1 aromatic carbocycles. The van der Waals surface area contributed by atoms with Crippen LogP contribution in [0.2, 0.25) is 0 Å². The van der Waals surface area contributed by atoms with Crippen molar-refractivity contribution in [2.45, 2.75) is 19.1 Å². The highest BCUT2D eigenvalue weighted by molar-refractivity contribution is 5.28. The van der Waals surface area contributed by atoms with Crippen LogP contribution in [0.25, 0.3) is 0 Å². The normalized spacial score (nSPS) is 11.5. The first-order chi connectivity index (χ1) is 7.01. The fourth-order valence-corrected chi connectivity index (χ4v) is 1.05. The number of benzene rings is 1. The molecule has 15 heavy (non-hydrogen) atoms. The van der Waals surface area contributed by atoms with E-state index in [2.05, 4.69) is 0 Å². The van der Waals surface area contributed by atoms with Gasteiger partial charge in [0.2, 0.25) is 0 Å². The third-order valence-electron chi connectivity index (χ3n) is 1.79. The monoisotopic (exact) mass is 219 g/mol. The van der Waals surface area contributed by atoms with Gasteiger partial charge >= 0.3 is 6.18 Å². The van der Waals surface area contributed by atoms with Crippen LogP contribution >= 0.6 is 0 Å². The smallest absolute Gasteiger partial charge is 0.392 e. The van der Waals surface area contributed by atoms with Crippen LogP contribution in [-0.4, -0.2) is 12.8 Å². The lowest BCUT2D eigenvalue weighted by Gasteiger charge is -2.09. The van der Waals surface area contributed by atoms with E-state index in [1.165, 1.54) is 0 Å². The molecule has 0 heterocycles. The summed E-state index contributed by atoms with van der Waals surface area (Å²) >= 11 is 0. The van der Waals surface area contributed by atoms with Gasteiger partial charge < -0.3 is 10.5 Å². The number of rotatable bonds is 4. The molecule has 0 aliphatic heterocycles. The molecule has 1 aromatic rings. The van der Waals surface area contributed by atoms with Gasteiger partial charge in [0, 0.05) is 6.54 Å². The van der Waals surface area contributed by atoms with Crippen molar-refractivity contribution in [2.24, 2.45) is 5.73 Å². The molecule has 0 spiro atoms. The highest BCUT2D eigenvalue weighted by Crippen LogP contribution is 2.20. The molecule has 5 heteroatoms. The number of halogens is 3. The van der Waals surface area contributed by atoms with Gasteiger partial charge in [-0.25, -0.2) is 0 Å². The van der Waals surface area contributed by atoms with Crippen molar-refractivity contribution in [3.05, 3.63) is 29.8 Å². The summed E-state index contributed by atoms with van der Waals surface area (Å²) in [7, 11) is 0. The molecule has 84 valence electrons. The number of nitrogens with two attached hydrogens (primary N) is 1. The van der Waals surface area contributed by atoms with Gasteiger partial charge in [0.15, 0.2) is 0 Å². The summed E-state index contributed by atoms with van der Waals surface area (Å²) in [6.45, 7) is -0.0198. The Balaban J connectivity index is 2.44. The van der Waals surface area contributed by atoms with Gasteiger partial charge in [-0.3, -0.25) is 0 Å². The third-order valence-corrected chi connectivity index (χ3v) is 1.79. The Labute approximate surface area is 85.8 Å². The molecule has 0 saturated heterocycles. The molecule has 2 N–H and O–H groups in total. The second-order valence-electron chi connectivity index (χ2n) is 3.07. The minimum absolute atomic E-state index is 0.344. The van der Waals surface area contributed by atoms with E-state index in [1.54, 1.807) is 24.3 Å². The van der Waals surface area contributed by atoms with Crippen LogP contribution in [0.3, 0.4) is 0 Å². The van der Waals surface area contributed by atoms with E-state index in [-0.39, 0.29) is 6.61 Å². The molecule has 0 aliphatic carbocycles. The maximum Gasteiger partial charge on any atom is 0.392 e. The molecular weight excluding hydrogens is 207 g/mol. The van der Waals surface area contributed by atoms with Crippen LogP contribution in [-0.2, 0) is 6.54 Å². The van der Waals surface area contributed by atoms with E-state index in [0.717, 1.165) is 5.56 Å². The van der Waals surface area contributed by atoms with Gasteiger partial charge in [0.05, 0.1) is 13.0 Å². The molecule has 0 saturated carbocycles. The molecule has 1 rings (SSSR count). The van der Waals surface area contributed by atoms with E-state index in [0.29, 0.717) is 12.3 Å². The molecule has 0 unspecified atom stereocenters. The highest BCUT2D eigenvalue weighted by Gasteiger charge is 2.26. The predicted octanol–water partition coefficient (Wildman–Crippen LogP) is 2.48. The van der Waals surface area contributed by atoms with E-state index < -0.39 is 12.6 Å². The zero-order chi connectivity index (χ0) is 11.3. The SMILES string of the molecule is NCc1cccc(OCCC(F)(F)F)c1. The van der Waals surface area contributed by atoms with Crippen LogP contribution in [0.15, 0.2) is 24.3 Å². The second-order valence-corrected chi connectivity index (χ2v) is 3.07. The first-order valence-corrected chi connectivity index (χ1v) is 4.50. The molecule has 0 aliphatic rings. The third kappa shape index (κ3) is 4.69. The number of hydrogen-bond donors (Lipinski definition) is 1. The lowest BCUT2D eigenvalue weighted by molar-refractivity contribution is -0.139. The Kier molecular flexibility index (Phi) is 3.96. The average Bonchev–Trinajstić information content (AvgIpc) is 2.16. The van der Waals surface area contributed by atoms with E-state index in [4.69, 9.17) is 10.5 Å². The fourth-order valence-electron chi connectivity index (χ4n) is 1.05. The van der Waals surface area contributed by atoms with Crippen LogP contribution in [0.1, 0.15) is 12.0 Å². The number of alkyl halides is 3. The molecule has 2 nitrogen and oxygen atoms in total. The Hall–Kier alpha value is -1.23. The van der Waals surface area contributed by atoms with E-state index >= 15 is 0 Å². The van der Waals surface area contributed by atoms with Gasteiger partial charge in [0.1, 0.15) is 5.75 Å². The lowest BCUT2D eigenvalue weighted by Crippen LogP contribution is -2.13. The highest BCUT2D eigenvalue weighted by atomic mass is 19.4. The molecule has 0 bridgehead atoms. The standard InChI is InChI=1S/C10H12F3NO/c11-10(12,13)4-5-15-9-3-1-2-8(6-9)7-14/h1-3,6H,4-5,7,14H2. The summed E-state index contributed by atoms with van der Waals surface area (Å²) in [4.78, 5) is 0. The first kappa shape index (κ1) is 11.8. The Morgan fingerprint density at radius 1 is 1.27 bits per heavy atom. The number of ether oxygens (including phenoxy) is 1.